The predicted octanol–water partition coefficient (Wildman–Crippen LogP) is 2.03. The molecule has 0 atom stereocenters. The van der Waals surface area contributed by atoms with Gasteiger partial charge in [-0.2, -0.15) is 0 Å². The van der Waals surface area contributed by atoms with Gasteiger partial charge in [-0.1, -0.05) is 0 Å². The normalized spacial score (nSPS) is 26.1. The van der Waals surface area contributed by atoms with Crippen molar-refractivity contribution < 1.29 is 14.3 Å². The van der Waals surface area contributed by atoms with Crippen LogP contribution in [0, 0.1) is 0 Å². The van der Waals surface area contributed by atoms with E-state index < -0.39 is 0 Å². The summed E-state index contributed by atoms with van der Waals surface area (Å²) in [4.78, 5) is 13.2. The zero-order chi connectivity index (χ0) is 11.3. The standard InChI is InChI=1S/C11H21NO3/c1-4-15-11(13)12(2)9-5-7-10(14-3)8-6-9/h9-10H,4-8H2,1-3H3. The summed E-state index contributed by atoms with van der Waals surface area (Å²) >= 11 is 0. The Balaban J connectivity index is 2.35. The summed E-state index contributed by atoms with van der Waals surface area (Å²) in [5.41, 5.74) is 0. The molecule has 1 rings (SSSR count). The number of carbonyl (C=O) groups is 1. The molecular formula is C11H21NO3. The third kappa shape index (κ3) is 3.38. The van der Waals surface area contributed by atoms with Gasteiger partial charge >= 0.3 is 6.09 Å². The molecule has 0 radical (unpaired) electrons. The topological polar surface area (TPSA) is 38.8 Å². The highest BCUT2D eigenvalue weighted by Gasteiger charge is 2.26. The van der Waals surface area contributed by atoms with Gasteiger partial charge in [0.2, 0.25) is 0 Å². The van der Waals surface area contributed by atoms with Gasteiger partial charge in [-0.15, -0.1) is 0 Å². The number of hydrogen-bond acceptors (Lipinski definition) is 3. The summed E-state index contributed by atoms with van der Waals surface area (Å²) in [7, 11) is 3.57. The Kier molecular flexibility index (Phi) is 4.88. The SMILES string of the molecule is CCOC(=O)N(C)C1CCC(OC)CC1. The molecule has 0 aliphatic heterocycles. The number of carbonyl (C=O) groups excluding carboxylic acids is 1. The first kappa shape index (κ1) is 12.3. The molecule has 0 bridgehead atoms. The third-order valence-electron chi connectivity index (χ3n) is 3.08. The number of ether oxygens (including phenoxy) is 2. The molecule has 0 aromatic carbocycles. The van der Waals surface area contributed by atoms with E-state index in [4.69, 9.17) is 9.47 Å². The molecule has 1 fully saturated rings. The average Bonchev–Trinajstić information content (AvgIpc) is 2.28. The van der Waals surface area contributed by atoms with Crippen LogP contribution in [0.2, 0.25) is 0 Å². The molecule has 0 saturated heterocycles. The number of amides is 1. The maximum atomic E-state index is 11.5. The summed E-state index contributed by atoms with van der Waals surface area (Å²) in [6, 6.07) is 0.315. The summed E-state index contributed by atoms with van der Waals surface area (Å²) in [6.07, 6.45) is 4.24. The molecule has 4 nitrogen and oxygen atoms in total. The summed E-state index contributed by atoms with van der Waals surface area (Å²) < 4.78 is 10.3. The second-order valence-electron chi connectivity index (χ2n) is 3.98. The zero-order valence-electron chi connectivity index (χ0n) is 9.86. The van der Waals surface area contributed by atoms with Crippen LogP contribution in [0.15, 0.2) is 0 Å². The van der Waals surface area contributed by atoms with Gasteiger partial charge in [0.25, 0.3) is 0 Å². The monoisotopic (exact) mass is 215 g/mol. The van der Waals surface area contributed by atoms with Crippen molar-refractivity contribution in [2.45, 2.75) is 44.8 Å². The first-order chi connectivity index (χ1) is 7.19. The number of hydrogen-bond donors (Lipinski definition) is 0. The Bertz CT molecular complexity index is 200. The summed E-state index contributed by atoms with van der Waals surface area (Å²) in [5.74, 6) is 0. The van der Waals surface area contributed by atoms with Crippen molar-refractivity contribution in [3.63, 3.8) is 0 Å². The molecule has 0 unspecified atom stereocenters. The molecule has 1 amide bonds. The van der Waals surface area contributed by atoms with Crippen molar-refractivity contribution in [2.24, 2.45) is 0 Å². The van der Waals surface area contributed by atoms with Crippen molar-refractivity contribution in [2.75, 3.05) is 20.8 Å². The minimum Gasteiger partial charge on any atom is -0.450 e. The average molecular weight is 215 g/mol. The Morgan fingerprint density at radius 1 is 1.33 bits per heavy atom. The van der Waals surface area contributed by atoms with Crippen molar-refractivity contribution in [1.82, 2.24) is 4.90 Å². The number of nitrogens with zero attached hydrogens (tertiary/aromatic N) is 1. The van der Waals surface area contributed by atoms with Crippen LogP contribution >= 0.6 is 0 Å². The largest absolute Gasteiger partial charge is 0.450 e. The van der Waals surface area contributed by atoms with Crippen LogP contribution in [-0.2, 0) is 9.47 Å². The molecule has 88 valence electrons. The lowest BCUT2D eigenvalue weighted by Crippen LogP contribution is -2.40. The molecule has 1 aliphatic rings. The van der Waals surface area contributed by atoms with Crippen molar-refractivity contribution in [3.8, 4) is 0 Å². The lowest BCUT2D eigenvalue weighted by Gasteiger charge is -2.33. The van der Waals surface area contributed by atoms with Gasteiger partial charge in [0.05, 0.1) is 12.7 Å². The van der Waals surface area contributed by atoms with Crippen molar-refractivity contribution in [1.29, 1.82) is 0 Å². The van der Waals surface area contributed by atoms with Crippen molar-refractivity contribution in [3.05, 3.63) is 0 Å². The van der Waals surface area contributed by atoms with E-state index in [9.17, 15) is 4.79 Å². The molecule has 0 heterocycles. The fourth-order valence-corrected chi connectivity index (χ4v) is 2.04. The maximum Gasteiger partial charge on any atom is 0.409 e. The lowest BCUT2D eigenvalue weighted by molar-refractivity contribution is 0.0388. The van der Waals surface area contributed by atoms with E-state index in [-0.39, 0.29) is 6.09 Å². The Morgan fingerprint density at radius 2 is 1.93 bits per heavy atom. The van der Waals surface area contributed by atoms with E-state index in [1.54, 1.807) is 12.0 Å². The molecule has 0 spiro atoms. The van der Waals surface area contributed by atoms with Crippen LogP contribution in [0.5, 0.6) is 0 Å². The summed E-state index contributed by atoms with van der Waals surface area (Å²) in [5, 5.41) is 0. The first-order valence-corrected chi connectivity index (χ1v) is 5.61. The maximum absolute atomic E-state index is 11.5. The van der Waals surface area contributed by atoms with Gasteiger partial charge in [0.1, 0.15) is 0 Å². The van der Waals surface area contributed by atoms with Crippen LogP contribution in [-0.4, -0.2) is 43.9 Å². The minimum atomic E-state index is -0.210. The number of rotatable bonds is 3. The molecule has 0 N–H and O–H groups in total. The molecule has 4 heteroatoms. The van der Waals surface area contributed by atoms with Crippen LogP contribution in [0.4, 0.5) is 4.79 Å². The zero-order valence-corrected chi connectivity index (χ0v) is 9.86. The second-order valence-corrected chi connectivity index (χ2v) is 3.98. The fraction of sp³-hybridized carbons (Fsp3) is 0.909. The molecule has 0 aromatic heterocycles. The van der Waals surface area contributed by atoms with Crippen LogP contribution in [0.25, 0.3) is 0 Å². The van der Waals surface area contributed by atoms with E-state index in [1.807, 2.05) is 14.0 Å². The molecule has 15 heavy (non-hydrogen) atoms. The fourth-order valence-electron chi connectivity index (χ4n) is 2.04. The highest BCUT2D eigenvalue weighted by molar-refractivity contribution is 5.67. The molecule has 0 aromatic rings. The molecule has 1 saturated carbocycles. The van der Waals surface area contributed by atoms with E-state index in [0.29, 0.717) is 18.8 Å². The van der Waals surface area contributed by atoms with Crippen molar-refractivity contribution >= 4 is 6.09 Å². The van der Waals surface area contributed by atoms with Crippen LogP contribution < -0.4 is 0 Å². The molecular weight excluding hydrogens is 194 g/mol. The van der Waals surface area contributed by atoms with Crippen LogP contribution in [0.1, 0.15) is 32.6 Å². The van der Waals surface area contributed by atoms with Gasteiger partial charge in [0.15, 0.2) is 0 Å². The lowest BCUT2D eigenvalue weighted by atomic mass is 9.92. The van der Waals surface area contributed by atoms with Crippen LogP contribution in [0.3, 0.4) is 0 Å². The Labute approximate surface area is 91.5 Å². The second kappa shape index (κ2) is 5.95. The van der Waals surface area contributed by atoms with Gasteiger partial charge in [-0.3, -0.25) is 0 Å². The van der Waals surface area contributed by atoms with Gasteiger partial charge < -0.3 is 14.4 Å². The van der Waals surface area contributed by atoms with E-state index >= 15 is 0 Å². The Hall–Kier alpha value is -0.770. The van der Waals surface area contributed by atoms with Gasteiger partial charge in [-0.25, -0.2) is 4.79 Å². The van der Waals surface area contributed by atoms with E-state index in [2.05, 4.69) is 0 Å². The highest BCUT2D eigenvalue weighted by atomic mass is 16.6. The Morgan fingerprint density at radius 3 is 2.40 bits per heavy atom. The van der Waals surface area contributed by atoms with Gasteiger partial charge in [0, 0.05) is 20.2 Å². The quantitative estimate of drug-likeness (QED) is 0.723. The summed E-state index contributed by atoms with van der Waals surface area (Å²) in [6.45, 7) is 2.27. The predicted molar refractivity (Wildman–Crippen MR) is 57.8 cm³/mol. The minimum absolute atomic E-state index is 0.210. The van der Waals surface area contributed by atoms with E-state index in [0.717, 1.165) is 25.7 Å². The third-order valence-corrected chi connectivity index (χ3v) is 3.08. The number of methoxy groups -OCH3 is 1. The van der Waals surface area contributed by atoms with Gasteiger partial charge in [-0.05, 0) is 32.6 Å². The van der Waals surface area contributed by atoms with E-state index in [1.165, 1.54) is 0 Å². The molecule has 1 aliphatic carbocycles. The smallest absolute Gasteiger partial charge is 0.409 e. The first-order valence-electron chi connectivity index (χ1n) is 5.61. The highest BCUT2D eigenvalue weighted by Crippen LogP contribution is 2.24.